The fourth-order valence-corrected chi connectivity index (χ4v) is 2.13. The summed E-state index contributed by atoms with van der Waals surface area (Å²) in [6.07, 6.45) is -0.541. The number of carbonyl (C=O) groups is 2. The molecule has 1 aliphatic rings. The topological polar surface area (TPSA) is 55.8 Å². The van der Waals surface area contributed by atoms with Crippen molar-refractivity contribution in [2.45, 2.75) is 6.10 Å². The van der Waals surface area contributed by atoms with Gasteiger partial charge in [0.15, 0.2) is 6.29 Å². The first-order chi connectivity index (χ1) is 10.1. The van der Waals surface area contributed by atoms with Gasteiger partial charge in [-0.3, -0.25) is 9.59 Å². The number of nitrogens with zero attached hydrogens (tertiary/aromatic N) is 1. The highest BCUT2D eigenvalue weighted by atomic mass is 16.6. The second kappa shape index (κ2) is 7.31. The molecule has 1 unspecified atom stereocenters. The SMILES string of the molecule is C=C(B1OCCN(C)CC(C(=O)C=O)O1)c1ccccc1. The Morgan fingerprint density at radius 1 is 1.43 bits per heavy atom. The van der Waals surface area contributed by atoms with Crippen LogP contribution in [0.3, 0.4) is 0 Å². The minimum Gasteiger partial charge on any atom is -0.406 e. The maximum Gasteiger partial charge on any atom is 0.494 e. The molecule has 1 atom stereocenters. The van der Waals surface area contributed by atoms with E-state index in [0.717, 1.165) is 5.56 Å². The molecule has 0 saturated carbocycles. The third-order valence-corrected chi connectivity index (χ3v) is 3.37. The monoisotopic (exact) mass is 287 g/mol. The summed E-state index contributed by atoms with van der Waals surface area (Å²) in [5.74, 6) is -0.585. The number of likely N-dealkylation sites (N-methyl/N-ethyl adjacent to an activating group) is 1. The van der Waals surface area contributed by atoms with Gasteiger partial charge in [0.25, 0.3) is 0 Å². The number of ketones is 1. The summed E-state index contributed by atoms with van der Waals surface area (Å²) in [6.45, 7) is 5.48. The van der Waals surface area contributed by atoms with Crippen molar-refractivity contribution in [2.75, 3.05) is 26.7 Å². The van der Waals surface area contributed by atoms with Crippen molar-refractivity contribution in [1.82, 2.24) is 4.90 Å². The fourth-order valence-electron chi connectivity index (χ4n) is 2.13. The Morgan fingerprint density at radius 2 is 2.14 bits per heavy atom. The van der Waals surface area contributed by atoms with Crippen LogP contribution in [0.4, 0.5) is 0 Å². The van der Waals surface area contributed by atoms with Crippen molar-refractivity contribution < 1.29 is 18.9 Å². The number of benzene rings is 1. The first-order valence-corrected chi connectivity index (χ1v) is 6.80. The third kappa shape index (κ3) is 4.11. The summed E-state index contributed by atoms with van der Waals surface area (Å²) in [7, 11) is 1.12. The van der Waals surface area contributed by atoms with E-state index in [1.54, 1.807) is 0 Å². The second-order valence-corrected chi connectivity index (χ2v) is 5.00. The summed E-state index contributed by atoms with van der Waals surface area (Å²) in [5, 5.41) is 0. The average Bonchev–Trinajstić information content (AvgIpc) is 2.50. The molecule has 6 heteroatoms. The molecule has 1 saturated heterocycles. The van der Waals surface area contributed by atoms with Crippen molar-refractivity contribution in [1.29, 1.82) is 0 Å². The lowest BCUT2D eigenvalue weighted by Crippen LogP contribution is -2.46. The highest BCUT2D eigenvalue weighted by Crippen LogP contribution is 2.19. The predicted octanol–water partition coefficient (Wildman–Crippen LogP) is 0.842. The summed E-state index contributed by atoms with van der Waals surface area (Å²) in [4.78, 5) is 24.3. The van der Waals surface area contributed by atoms with Crippen LogP contribution in [-0.2, 0) is 18.9 Å². The van der Waals surface area contributed by atoms with Gasteiger partial charge >= 0.3 is 7.12 Å². The van der Waals surface area contributed by atoms with Crippen molar-refractivity contribution in [3.63, 3.8) is 0 Å². The highest BCUT2D eigenvalue weighted by Gasteiger charge is 2.33. The van der Waals surface area contributed by atoms with E-state index in [4.69, 9.17) is 9.31 Å². The van der Waals surface area contributed by atoms with Gasteiger partial charge in [0, 0.05) is 19.7 Å². The van der Waals surface area contributed by atoms with Gasteiger partial charge in [-0.1, -0.05) is 36.9 Å². The van der Waals surface area contributed by atoms with Crippen LogP contribution in [-0.4, -0.2) is 56.9 Å². The van der Waals surface area contributed by atoms with Gasteiger partial charge in [0.1, 0.15) is 6.10 Å². The van der Waals surface area contributed by atoms with Gasteiger partial charge in [-0.25, -0.2) is 0 Å². The molecule has 1 aromatic rings. The Kier molecular flexibility index (Phi) is 5.44. The number of carbonyl (C=O) groups excluding carboxylic acids is 2. The smallest absolute Gasteiger partial charge is 0.406 e. The van der Waals surface area contributed by atoms with Crippen LogP contribution >= 0.6 is 0 Å². The largest absolute Gasteiger partial charge is 0.494 e. The molecular weight excluding hydrogens is 269 g/mol. The zero-order valence-electron chi connectivity index (χ0n) is 12.0. The first kappa shape index (κ1) is 15.6. The molecule has 0 bridgehead atoms. The van der Waals surface area contributed by atoms with Gasteiger partial charge < -0.3 is 14.2 Å². The van der Waals surface area contributed by atoms with Crippen LogP contribution in [0.15, 0.2) is 36.9 Å². The van der Waals surface area contributed by atoms with E-state index in [1.165, 1.54) is 0 Å². The quantitative estimate of drug-likeness (QED) is 0.466. The van der Waals surface area contributed by atoms with E-state index in [2.05, 4.69) is 6.58 Å². The molecule has 1 aliphatic heterocycles. The Bertz CT molecular complexity index is 520. The van der Waals surface area contributed by atoms with E-state index >= 15 is 0 Å². The Balaban J connectivity index is 2.15. The molecule has 0 radical (unpaired) electrons. The number of rotatable bonds is 4. The normalized spacial score (nSPS) is 20.4. The number of hydrogen-bond donors (Lipinski definition) is 0. The standard InChI is InChI=1S/C15H18BNO4/c1-12(13-6-4-3-5-7-13)16-20-9-8-17(2)10-15(21-16)14(19)11-18/h3-7,11,15H,1,8-10H2,2H3. The van der Waals surface area contributed by atoms with Gasteiger partial charge in [-0.2, -0.15) is 0 Å². The molecule has 0 spiro atoms. The summed E-state index contributed by atoms with van der Waals surface area (Å²) >= 11 is 0. The summed E-state index contributed by atoms with van der Waals surface area (Å²) < 4.78 is 11.3. The molecule has 5 nitrogen and oxygen atoms in total. The second-order valence-electron chi connectivity index (χ2n) is 5.00. The lowest BCUT2D eigenvalue weighted by Gasteiger charge is -2.29. The van der Waals surface area contributed by atoms with Crippen molar-refractivity contribution in [3.8, 4) is 0 Å². The summed E-state index contributed by atoms with van der Waals surface area (Å²) in [6, 6.07) is 9.49. The van der Waals surface area contributed by atoms with Gasteiger partial charge in [0.2, 0.25) is 5.78 Å². The van der Waals surface area contributed by atoms with Gasteiger partial charge in [0.05, 0.1) is 0 Å². The maximum atomic E-state index is 11.7. The van der Waals surface area contributed by atoms with E-state index in [-0.39, 0.29) is 0 Å². The zero-order chi connectivity index (χ0) is 15.2. The maximum absolute atomic E-state index is 11.7. The third-order valence-electron chi connectivity index (χ3n) is 3.37. The average molecular weight is 287 g/mol. The van der Waals surface area contributed by atoms with Crippen LogP contribution in [0.25, 0.3) is 5.47 Å². The number of hydrogen-bond acceptors (Lipinski definition) is 5. The van der Waals surface area contributed by atoms with Crippen molar-refractivity contribution in [2.24, 2.45) is 0 Å². The van der Waals surface area contributed by atoms with E-state index in [0.29, 0.717) is 31.5 Å². The van der Waals surface area contributed by atoms with Crippen LogP contribution in [0.1, 0.15) is 5.56 Å². The first-order valence-electron chi connectivity index (χ1n) is 6.80. The van der Waals surface area contributed by atoms with Crippen LogP contribution in [0.5, 0.6) is 0 Å². The molecule has 1 aromatic carbocycles. The molecule has 0 aromatic heterocycles. The predicted molar refractivity (Wildman–Crippen MR) is 80.6 cm³/mol. The lowest BCUT2D eigenvalue weighted by atomic mass is 9.74. The summed E-state index contributed by atoms with van der Waals surface area (Å²) in [5.41, 5.74) is 1.53. The highest BCUT2D eigenvalue weighted by molar-refractivity contribution is 6.68. The molecule has 21 heavy (non-hydrogen) atoms. The molecule has 0 amide bonds. The Hall–Kier alpha value is -1.76. The number of Topliss-reactive ketones (excluding diaryl/α,β-unsaturated/α-hetero) is 1. The molecule has 0 aliphatic carbocycles. The minimum absolute atomic E-state index is 0.294. The fraction of sp³-hybridized carbons (Fsp3) is 0.333. The zero-order valence-corrected chi connectivity index (χ0v) is 12.0. The molecule has 0 N–H and O–H groups in total. The van der Waals surface area contributed by atoms with Crippen molar-refractivity contribution >= 4 is 24.7 Å². The Labute approximate surface area is 124 Å². The molecular formula is C15H18BNO4. The molecule has 2 rings (SSSR count). The van der Waals surface area contributed by atoms with Gasteiger partial charge in [-0.15, -0.1) is 0 Å². The molecule has 1 fully saturated rings. The minimum atomic E-state index is -0.835. The van der Waals surface area contributed by atoms with E-state index < -0.39 is 19.0 Å². The molecule has 1 heterocycles. The molecule has 110 valence electrons. The van der Waals surface area contributed by atoms with Crippen molar-refractivity contribution in [3.05, 3.63) is 42.5 Å². The van der Waals surface area contributed by atoms with Crippen LogP contribution in [0, 0.1) is 0 Å². The number of aldehydes is 1. The Morgan fingerprint density at radius 3 is 2.81 bits per heavy atom. The van der Waals surface area contributed by atoms with E-state index in [1.807, 2.05) is 42.3 Å². The van der Waals surface area contributed by atoms with E-state index in [9.17, 15) is 9.59 Å². The lowest BCUT2D eigenvalue weighted by molar-refractivity contribution is -0.136. The van der Waals surface area contributed by atoms with Crippen LogP contribution < -0.4 is 0 Å². The van der Waals surface area contributed by atoms with Gasteiger partial charge in [-0.05, 0) is 18.1 Å². The van der Waals surface area contributed by atoms with Crippen LogP contribution in [0.2, 0.25) is 0 Å².